The van der Waals surface area contributed by atoms with Crippen molar-refractivity contribution in [3.05, 3.63) is 0 Å². The fourth-order valence-corrected chi connectivity index (χ4v) is 5.37. The average Bonchev–Trinajstić information content (AvgIpc) is 2.94. The van der Waals surface area contributed by atoms with Crippen LogP contribution in [0.3, 0.4) is 0 Å². The topological polar surface area (TPSA) is 179 Å². The third-order valence-corrected chi connectivity index (χ3v) is 7.86. The van der Waals surface area contributed by atoms with Crippen molar-refractivity contribution in [2.24, 2.45) is 0 Å². The van der Waals surface area contributed by atoms with E-state index in [9.17, 15) is 35.7 Å². The maximum absolute atomic E-state index is 11.2. The Labute approximate surface area is 233 Å². The number of hydrogen-bond donors (Lipinski definition) is 7. The molecule has 0 aromatic carbocycles. The minimum absolute atomic E-state index is 0.289. The largest absolute Gasteiger partial charge is 0.394 e. The summed E-state index contributed by atoms with van der Waals surface area (Å²) in [5, 5.41) is 72.3. The first-order chi connectivity index (χ1) is 18.8. The van der Waals surface area contributed by atoms with E-state index >= 15 is 0 Å². The Morgan fingerprint density at radius 1 is 0.615 bits per heavy atom. The summed E-state index contributed by atoms with van der Waals surface area (Å²) < 4.78 is 24.0. The molecular formula is C28H54O11. The van der Waals surface area contributed by atoms with Crippen molar-refractivity contribution in [1.29, 1.82) is 0 Å². The second-order valence-corrected chi connectivity index (χ2v) is 11.0. The standard InChI is InChI=1S/C28H54O11/c1-3-5-7-9-11-13-15-28(36-16-14-12-10-8-6-4-2)26(24(34)22(32)20(18-30)39-28)38-27-25(35)23(33)21(31)19(17-29)37-27/h19-27,29-35H,3-18H2,1-2H3/t19-,20-,21-,22-,23+,24+,25-,26-,27?,28?/m1/s1. The van der Waals surface area contributed by atoms with Crippen molar-refractivity contribution >= 4 is 0 Å². The van der Waals surface area contributed by atoms with E-state index in [2.05, 4.69) is 13.8 Å². The van der Waals surface area contributed by atoms with E-state index in [-0.39, 0.29) is 13.0 Å². The number of ether oxygens (including phenoxy) is 4. The number of hydrogen-bond acceptors (Lipinski definition) is 11. The summed E-state index contributed by atoms with van der Waals surface area (Å²) >= 11 is 0. The Balaban J connectivity index is 2.25. The fourth-order valence-electron chi connectivity index (χ4n) is 5.37. The predicted molar refractivity (Wildman–Crippen MR) is 143 cm³/mol. The Kier molecular flexibility index (Phi) is 16.2. The first-order valence-electron chi connectivity index (χ1n) is 15.0. The van der Waals surface area contributed by atoms with Crippen molar-refractivity contribution < 1.29 is 54.7 Å². The van der Waals surface area contributed by atoms with E-state index in [1.807, 2.05) is 0 Å². The van der Waals surface area contributed by atoms with Gasteiger partial charge in [-0.25, -0.2) is 0 Å². The van der Waals surface area contributed by atoms with Crippen molar-refractivity contribution in [2.45, 2.75) is 158 Å². The van der Waals surface area contributed by atoms with E-state index in [4.69, 9.17) is 18.9 Å². The predicted octanol–water partition coefficient (Wildman–Crippen LogP) is 1.11. The highest BCUT2D eigenvalue weighted by Gasteiger charge is 2.57. The van der Waals surface area contributed by atoms with Crippen LogP contribution in [-0.4, -0.2) is 116 Å². The molecule has 2 unspecified atom stereocenters. The minimum atomic E-state index is -1.70. The summed E-state index contributed by atoms with van der Waals surface area (Å²) in [5.74, 6) is -1.57. The van der Waals surface area contributed by atoms with Gasteiger partial charge in [0.25, 0.3) is 0 Å². The molecule has 0 aliphatic carbocycles. The Morgan fingerprint density at radius 2 is 1.15 bits per heavy atom. The molecule has 0 aromatic heterocycles. The van der Waals surface area contributed by atoms with Crippen LogP contribution in [0.25, 0.3) is 0 Å². The molecule has 2 heterocycles. The van der Waals surface area contributed by atoms with Crippen LogP contribution < -0.4 is 0 Å². The normalized spacial score (nSPS) is 37.3. The first-order valence-corrected chi connectivity index (χ1v) is 15.0. The summed E-state index contributed by atoms with van der Waals surface area (Å²) in [4.78, 5) is 0. The van der Waals surface area contributed by atoms with E-state index in [1.165, 1.54) is 6.42 Å². The van der Waals surface area contributed by atoms with Crippen molar-refractivity contribution in [3.8, 4) is 0 Å². The van der Waals surface area contributed by atoms with Gasteiger partial charge in [-0.3, -0.25) is 0 Å². The van der Waals surface area contributed by atoms with Crippen LogP contribution >= 0.6 is 0 Å². The molecule has 0 bridgehead atoms. The zero-order valence-electron chi connectivity index (χ0n) is 23.8. The zero-order valence-corrected chi connectivity index (χ0v) is 23.8. The molecule has 2 rings (SSSR count). The highest BCUT2D eigenvalue weighted by atomic mass is 16.8. The summed E-state index contributed by atoms with van der Waals surface area (Å²) in [7, 11) is 0. The molecule has 39 heavy (non-hydrogen) atoms. The van der Waals surface area contributed by atoms with Gasteiger partial charge in [-0.1, -0.05) is 78.1 Å². The van der Waals surface area contributed by atoms with E-state index in [1.54, 1.807) is 0 Å². The molecule has 0 spiro atoms. The first kappa shape index (κ1) is 34.8. The van der Waals surface area contributed by atoms with Crippen LogP contribution in [0.4, 0.5) is 0 Å². The molecule has 0 saturated carbocycles. The van der Waals surface area contributed by atoms with Gasteiger partial charge in [0.15, 0.2) is 12.1 Å². The molecule has 10 atom stereocenters. The van der Waals surface area contributed by atoms with Gasteiger partial charge in [0.05, 0.1) is 19.8 Å². The lowest BCUT2D eigenvalue weighted by Crippen LogP contribution is -2.69. The van der Waals surface area contributed by atoms with Gasteiger partial charge in [0.2, 0.25) is 0 Å². The molecular weight excluding hydrogens is 512 g/mol. The van der Waals surface area contributed by atoms with Crippen molar-refractivity contribution in [3.63, 3.8) is 0 Å². The molecule has 232 valence electrons. The molecule has 2 aliphatic rings. The van der Waals surface area contributed by atoms with Crippen LogP contribution in [0.1, 0.15) is 97.3 Å². The van der Waals surface area contributed by atoms with Crippen molar-refractivity contribution in [2.75, 3.05) is 19.8 Å². The van der Waals surface area contributed by atoms with Crippen LogP contribution in [0.2, 0.25) is 0 Å². The second kappa shape index (κ2) is 18.2. The maximum Gasteiger partial charge on any atom is 0.198 e. The number of aliphatic hydroxyl groups excluding tert-OH is 7. The van der Waals surface area contributed by atoms with Gasteiger partial charge in [-0.05, 0) is 12.8 Å². The molecule has 0 aromatic rings. The molecule has 0 radical (unpaired) electrons. The van der Waals surface area contributed by atoms with E-state index in [0.717, 1.165) is 64.2 Å². The lowest BCUT2D eigenvalue weighted by atomic mass is 9.88. The highest BCUT2D eigenvalue weighted by Crippen LogP contribution is 2.39. The van der Waals surface area contributed by atoms with Gasteiger partial charge in [-0.15, -0.1) is 0 Å². The molecule has 11 heteroatoms. The van der Waals surface area contributed by atoms with Crippen LogP contribution in [0.15, 0.2) is 0 Å². The van der Waals surface area contributed by atoms with Gasteiger partial charge in [-0.2, -0.15) is 0 Å². The lowest BCUT2D eigenvalue weighted by Gasteiger charge is -2.51. The zero-order chi connectivity index (χ0) is 28.8. The summed E-state index contributed by atoms with van der Waals surface area (Å²) in [6.45, 7) is 3.40. The molecule has 2 aliphatic heterocycles. The quantitative estimate of drug-likeness (QED) is 0.111. The average molecular weight is 567 g/mol. The SMILES string of the molecule is CCCCCCCCOC1(CCCCCCCC)O[C@H](CO)[C@@H](O)[C@H](O)[C@H]1OC1O[C@H](CO)[C@@H](O)[C@H](O)[C@H]1O. The fraction of sp³-hybridized carbons (Fsp3) is 1.00. The van der Waals surface area contributed by atoms with Gasteiger partial charge in [0.1, 0.15) is 48.8 Å². The van der Waals surface area contributed by atoms with E-state index < -0.39 is 74.1 Å². The second-order valence-electron chi connectivity index (χ2n) is 11.0. The minimum Gasteiger partial charge on any atom is -0.394 e. The number of rotatable bonds is 19. The summed E-state index contributed by atoms with van der Waals surface area (Å²) in [5.41, 5.74) is 0. The van der Waals surface area contributed by atoms with E-state index in [0.29, 0.717) is 6.42 Å². The lowest BCUT2D eigenvalue weighted by molar-refractivity contribution is -0.406. The summed E-state index contributed by atoms with van der Waals surface area (Å²) in [6.07, 6.45) is -0.899. The van der Waals surface area contributed by atoms with Crippen LogP contribution in [0.5, 0.6) is 0 Å². The maximum atomic E-state index is 11.2. The summed E-state index contributed by atoms with van der Waals surface area (Å²) in [6, 6.07) is 0. The third kappa shape index (κ3) is 9.82. The van der Waals surface area contributed by atoms with Gasteiger partial charge < -0.3 is 54.7 Å². The van der Waals surface area contributed by atoms with Gasteiger partial charge >= 0.3 is 0 Å². The highest BCUT2D eigenvalue weighted by molar-refractivity contribution is 5.00. The number of aliphatic hydroxyl groups is 7. The van der Waals surface area contributed by atoms with Gasteiger partial charge in [0, 0.05) is 6.42 Å². The molecule has 7 N–H and O–H groups in total. The number of unbranched alkanes of at least 4 members (excludes halogenated alkanes) is 10. The Hall–Kier alpha value is -0.440. The molecule has 2 fully saturated rings. The monoisotopic (exact) mass is 566 g/mol. The Bertz CT molecular complexity index is 639. The molecule has 11 nitrogen and oxygen atoms in total. The Morgan fingerprint density at radius 3 is 1.74 bits per heavy atom. The molecule has 0 amide bonds. The van der Waals surface area contributed by atoms with Crippen LogP contribution in [0, 0.1) is 0 Å². The molecule has 2 saturated heterocycles. The third-order valence-electron chi connectivity index (χ3n) is 7.86. The van der Waals surface area contributed by atoms with Crippen molar-refractivity contribution in [1.82, 2.24) is 0 Å². The van der Waals surface area contributed by atoms with Crippen LogP contribution in [-0.2, 0) is 18.9 Å². The smallest absolute Gasteiger partial charge is 0.198 e.